The Bertz CT molecular complexity index is 732. The predicted molar refractivity (Wildman–Crippen MR) is 73.6 cm³/mol. The summed E-state index contributed by atoms with van der Waals surface area (Å²) < 4.78 is 0. The van der Waals surface area contributed by atoms with Gasteiger partial charge in [-0.1, -0.05) is 12.1 Å². The molecular formula is C16H12N2O. The van der Waals surface area contributed by atoms with Crippen molar-refractivity contribution in [1.82, 2.24) is 4.98 Å². The fraction of sp³-hybridized carbons (Fsp3) is 0.188. The zero-order valence-corrected chi connectivity index (χ0v) is 10.4. The third kappa shape index (κ3) is 1.55. The lowest BCUT2D eigenvalue weighted by Crippen LogP contribution is -1.96. The molecule has 92 valence electrons. The molecule has 0 bridgehead atoms. The van der Waals surface area contributed by atoms with Gasteiger partial charge in [0.2, 0.25) is 0 Å². The van der Waals surface area contributed by atoms with Crippen molar-refractivity contribution in [2.45, 2.75) is 19.4 Å². The Kier molecular flexibility index (Phi) is 2.15. The Morgan fingerprint density at radius 3 is 2.95 bits per heavy atom. The second-order valence-corrected chi connectivity index (χ2v) is 4.98. The molecule has 0 fully saturated rings. The smallest absolute Gasteiger partial charge is 0.163 e. The molecule has 3 nitrogen and oxygen atoms in total. The summed E-state index contributed by atoms with van der Waals surface area (Å²) in [5, 5.41) is 0. The highest BCUT2D eigenvalue weighted by Gasteiger charge is 2.21. The summed E-state index contributed by atoms with van der Waals surface area (Å²) >= 11 is 0. The highest BCUT2D eigenvalue weighted by Crippen LogP contribution is 2.31. The van der Waals surface area contributed by atoms with Crippen LogP contribution >= 0.6 is 0 Å². The third-order valence-electron chi connectivity index (χ3n) is 3.88. The van der Waals surface area contributed by atoms with Crippen molar-refractivity contribution in [2.75, 3.05) is 0 Å². The summed E-state index contributed by atoms with van der Waals surface area (Å²) in [6, 6.07) is 8.19. The van der Waals surface area contributed by atoms with Crippen LogP contribution in [0.4, 0.5) is 0 Å². The summed E-state index contributed by atoms with van der Waals surface area (Å²) in [7, 11) is 0. The molecule has 0 atom stereocenters. The molecule has 4 rings (SSSR count). The number of carbonyl (C=O) groups excluding carboxylic acids is 1. The van der Waals surface area contributed by atoms with Crippen LogP contribution in [0.25, 0.3) is 11.1 Å². The van der Waals surface area contributed by atoms with Gasteiger partial charge in [-0.2, -0.15) is 0 Å². The van der Waals surface area contributed by atoms with E-state index >= 15 is 0 Å². The largest absolute Gasteiger partial charge is 0.294 e. The van der Waals surface area contributed by atoms with E-state index in [1.807, 2.05) is 24.5 Å². The van der Waals surface area contributed by atoms with Gasteiger partial charge < -0.3 is 0 Å². The Hall–Kier alpha value is -2.29. The number of aromatic nitrogens is 1. The number of aliphatic imine (C=N–C) groups is 1. The summed E-state index contributed by atoms with van der Waals surface area (Å²) in [5.41, 5.74) is 6.37. The van der Waals surface area contributed by atoms with Crippen LogP contribution in [0.2, 0.25) is 0 Å². The molecule has 1 aromatic carbocycles. The lowest BCUT2D eigenvalue weighted by atomic mass is 9.97. The SMILES string of the molecule is O=C1CCc2ccc(-c3ccnc4c3C=NC4)cc21. The first-order chi connectivity index (χ1) is 9.33. The minimum absolute atomic E-state index is 0.260. The van der Waals surface area contributed by atoms with Crippen molar-refractivity contribution >= 4 is 12.0 Å². The van der Waals surface area contributed by atoms with E-state index in [4.69, 9.17) is 0 Å². The van der Waals surface area contributed by atoms with Gasteiger partial charge in [-0.15, -0.1) is 0 Å². The molecule has 0 N–H and O–H groups in total. The van der Waals surface area contributed by atoms with E-state index in [2.05, 4.69) is 22.1 Å². The maximum absolute atomic E-state index is 11.8. The Morgan fingerprint density at radius 2 is 2.00 bits per heavy atom. The van der Waals surface area contributed by atoms with E-state index in [0.717, 1.165) is 34.4 Å². The normalized spacial score (nSPS) is 15.7. The molecule has 0 amide bonds. The van der Waals surface area contributed by atoms with Crippen molar-refractivity contribution in [2.24, 2.45) is 4.99 Å². The average molecular weight is 248 g/mol. The molecule has 3 heteroatoms. The van der Waals surface area contributed by atoms with Crippen LogP contribution < -0.4 is 0 Å². The number of aryl methyl sites for hydroxylation is 1. The summed E-state index contributed by atoms with van der Waals surface area (Å²) in [5.74, 6) is 0.260. The standard InChI is InChI=1S/C16H12N2O/c19-16-4-3-10-1-2-11(7-13(10)16)12-5-6-18-15-9-17-8-14(12)15/h1-2,5-8H,3-4,9H2. The molecule has 2 aliphatic rings. The molecule has 19 heavy (non-hydrogen) atoms. The maximum atomic E-state index is 11.8. The van der Waals surface area contributed by atoms with Gasteiger partial charge in [-0.3, -0.25) is 14.8 Å². The van der Waals surface area contributed by atoms with Crippen LogP contribution in [0.5, 0.6) is 0 Å². The molecule has 2 heterocycles. The van der Waals surface area contributed by atoms with Gasteiger partial charge in [-0.25, -0.2) is 0 Å². The van der Waals surface area contributed by atoms with Crippen LogP contribution in [-0.2, 0) is 13.0 Å². The van der Waals surface area contributed by atoms with Crippen molar-refractivity contribution < 1.29 is 4.79 Å². The van der Waals surface area contributed by atoms with Gasteiger partial charge in [0.15, 0.2) is 5.78 Å². The summed E-state index contributed by atoms with van der Waals surface area (Å²) in [6.07, 6.45) is 5.23. The van der Waals surface area contributed by atoms with Crippen molar-refractivity contribution in [3.05, 3.63) is 52.8 Å². The number of fused-ring (bicyclic) bond motifs is 2. The number of benzene rings is 1. The first-order valence-corrected chi connectivity index (χ1v) is 6.47. The first kappa shape index (κ1) is 10.6. The van der Waals surface area contributed by atoms with Gasteiger partial charge in [0.25, 0.3) is 0 Å². The third-order valence-corrected chi connectivity index (χ3v) is 3.88. The zero-order chi connectivity index (χ0) is 12.8. The van der Waals surface area contributed by atoms with Crippen molar-refractivity contribution in [3.8, 4) is 11.1 Å². The number of hydrogen-bond acceptors (Lipinski definition) is 3. The predicted octanol–water partition coefficient (Wildman–Crippen LogP) is 2.81. The minimum Gasteiger partial charge on any atom is -0.294 e. The van der Waals surface area contributed by atoms with Gasteiger partial charge in [-0.05, 0) is 35.2 Å². The molecule has 2 aromatic rings. The van der Waals surface area contributed by atoms with Gasteiger partial charge in [0.1, 0.15) is 0 Å². The molecule has 1 aliphatic carbocycles. The van der Waals surface area contributed by atoms with E-state index in [9.17, 15) is 4.79 Å². The van der Waals surface area contributed by atoms with E-state index < -0.39 is 0 Å². The first-order valence-electron chi connectivity index (χ1n) is 6.47. The Morgan fingerprint density at radius 1 is 1.05 bits per heavy atom. The van der Waals surface area contributed by atoms with Gasteiger partial charge >= 0.3 is 0 Å². The molecule has 0 radical (unpaired) electrons. The van der Waals surface area contributed by atoms with E-state index in [-0.39, 0.29) is 5.78 Å². The van der Waals surface area contributed by atoms with Crippen molar-refractivity contribution in [1.29, 1.82) is 0 Å². The van der Waals surface area contributed by atoms with E-state index in [1.165, 1.54) is 5.56 Å². The van der Waals surface area contributed by atoms with Crippen LogP contribution in [0.1, 0.15) is 33.6 Å². The molecule has 1 aliphatic heterocycles. The molecule has 0 saturated heterocycles. The monoisotopic (exact) mass is 248 g/mol. The topological polar surface area (TPSA) is 42.3 Å². The number of nitrogens with zero attached hydrogens (tertiary/aromatic N) is 2. The number of Topliss-reactive ketones (excluding diaryl/α,β-unsaturated/α-hetero) is 1. The van der Waals surface area contributed by atoms with E-state index in [0.29, 0.717) is 13.0 Å². The van der Waals surface area contributed by atoms with E-state index in [1.54, 1.807) is 0 Å². The van der Waals surface area contributed by atoms with Crippen LogP contribution in [-0.4, -0.2) is 17.0 Å². The Labute approximate surface area is 111 Å². The summed E-state index contributed by atoms with van der Waals surface area (Å²) in [4.78, 5) is 20.5. The molecule has 0 unspecified atom stereocenters. The quantitative estimate of drug-likeness (QED) is 0.778. The number of ketones is 1. The average Bonchev–Trinajstić information content (AvgIpc) is 3.05. The highest BCUT2D eigenvalue weighted by atomic mass is 16.1. The lowest BCUT2D eigenvalue weighted by molar-refractivity contribution is 0.0994. The highest BCUT2D eigenvalue weighted by molar-refractivity contribution is 6.02. The van der Waals surface area contributed by atoms with Crippen molar-refractivity contribution in [3.63, 3.8) is 0 Å². The summed E-state index contributed by atoms with van der Waals surface area (Å²) in [6.45, 7) is 0.660. The van der Waals surface area contributed by atoms with Crippen LogP contribution in [0.3, 0.4) is 0 Å². The Balaban J connectivity index is 1.90. The fourth-order valence-electron chi connectivity index (χ4n) is 2.87. The molecular weight excluding hydrogens is 236 g/mol. The lowest BCUT2D eigenvalue weighted by Gasteiger charge is -2.08. The molecule has 0 saturated carbocycles. The second-order valence-electron chi connectivity index (χ2n) is 4.98. The molecule has 0 spiro atoms. The number of pyridine rings is 1. The molecule has 1 aromatic heterocycles. The fourth-order valence-corrected chi connectivity index (χ4v) is 2.87. The number of rotatable bonds is 1. The maximum Gasteiger partial charge on any atom is 0.163 e. The zero-order valence-electron chi connectivity index (χ0n) is 10.4. The number of carbonyl (C=O) groups is 1. The second kappa shape index (κ2) is 3.85. The van der Waals surface area contributed by atoms with Gasteiger partial charge in [0.05, 0.1) is 12.2 Å². The minimum atomic E-state index is 0.260. The number of hydrogen-bond donors (Lipinski definition) is 0. The van der Waals surface area contributed by atoms with Gasteiger partial charge in [0, 0.05) is 30.0 Å². The van der Waals surface area contributed by atoms with Crippen LogP contribution in [0, 0.1) is 0 Å². The van der Waals surface area contributed by atoms with Crippen LogP contribution in [0.15, 0.2) is 35.5 Å².